The highest BCUT2D eigenvalue weighted by Gasteiger charge is 2.20. The van der Waals surface area contributed by atoms with Gasteiger partial charge in [0, 0.05) is 29.6 Å². The number of halogens is 1. The van der Waals surface area contributed by atoms with Gasteiger partial charge in [-0.1, -0.05) is 36.4 Å². The molecule has 1 N–H and O–H groups in total. The zero-order valence-electron chi connectivity index (χ0n) is 18.0. The van der Waals surface area contributed by atoms with E-state index in [1.807, 2.05) is 6.07 Å². The average Bonchev–Trinajstić information content (AvgIpc) is 3.05. The molecule has 3 rings (SSSR count). The van der Waals surface area contributed by atoms with Crippen LogP contribution in [-0.4, -0.2) is 28.8 Å². The van der Waals surface area contributed by atoms with Crippen molar-refractivity contribution in [3.8, 4) is 5.69 Å². The summed E-state index contributed by atoms with van der Waals surface area (Å²) in [6, 6.07) is 16.7. The number of aromatic nitrogens is 1. The molecule has 1 aromatic heterocycles. The Labute approximate surface area is 185 Å². The van der Waals surface area contributed by atoms with Crippen LogP contribution in [-0.2, 0) is 14.3 Å². The summed E-state index contributed by atoms with van der Waals surface area (Å²) in [6.45, 7) is 4.32. The molecule has 164 valence electrons. The standard InChI is InChI=1S/C25H23FN2O4/c1-16-12-22(17(2)28(16)21-11-7-10-20(26)14-21)24(30)15-32-25(31)23(27-18(3)29)13-19-8-5-4-6-9-19/h4-14H,15H2,1-3H3,(H,27,29)/b23-13+. The number of nitrogens with zero attached hydrogens (tertiary/aromatic N) is 1. The Morgan fingerprint density at radius 1 is 1.03 bits per heavy atom. The van der Waals surface area contributed by atoms with Crippen LogP contribution in [0.5, 0.6) is 0 Å². The minimum Gasteiger partial charge on any atom is -0.453 e. The van der Waals surface area contributed by atoms with Crippen molar-refractivity contribution in [2.24, 2.45) is 0 Å². The molecule has 0 saturated carbocycles. The molecule has 0 saturated heterocycles. The van der Waals surface area contributed by atoms with E-state index in [9.17, 15) is 18.8 Å². The number of hydrogen-bond acceptors (Lipinski definition) is 4. The summed E-state index contributed by atoms with van der Waals surface area (Å²) < 4.78 is 20.6. The van der Waals surface area contributed by atoms with E-state index in [0.717, 1.165) is 5.69 Å². The van der Waals surface area contributed by atoms with Gasteiger partial charge in [0.05, 0.1) is 0 Å². The molecule has 7 heteroatoms. The SMILES string of the molecule is CC(=O)N/C(=C/c1ccccc1)C(=O)OCC(=O)c1cc(C)n(-c2cccc(F)c2)c1C. The van der Waals surface area contributed by atoms with Crippen molar-refractivity contribution in [3.63, 3.8) is 0 Å². The van der Waals surface area contributed by atoms with Crippen LogP contribution in [0.3, 0.4) is 0 Å². The Morgan fingerprint density at radius 3 is 2.41 bits per heavy atom. The molecular weight excluding hydrogens is 411 g/mol. The van der Waals surface area contributed by atoms with Crippen molar-refractivity contribution in [2.45, 2.75) is 20.8 Å². The van der Waals surface area contributed by atoms with Gasteiger partial charge < -0.3 is 14.6 Å². The molecule has 0 atom stereocenters. The molecule has 6 nitrogen and oxygen atoms in total. The molecule has 1 heterocycles. The quantitative estimate of drug-likeness (QED) is 0.345. The van der Waals surface area contributed by atoms with Gasteiger partial charge >= 0.3 is 5.97 Å². The van der Waals surface area contributed by atoms with Gasteiger partial charge in [-0.2, -0.15) is 0 Å². The van der Waals surface area contributed by atoms with Gasteiger partial charge in [-0.25, -0.2) is 9.18 Å². The summed E-state index contributed by atoms with van der Waals surface area (Å²) in [5.41, 5.74) is 2.93. The second-order valence-corrected chi connectivity index (χ2v) is 7.25. The summed E-state index contributed by atoms with van der Waals surface area (Å²) in [4.78, 5) is 36.8. The van der Waals surface area contributed by atoms with Crippen molar-refractivity contribution < 1.29 is 23.5 Å². The smallest absolute Gasteiger partial charge is 0.355 e. The van der Waals surface area contributed by atoms with Crippen LogP contribution < -0.4 is 5.32 Å². The Balaban J connectivity index is 1.77. The molecule has 0 bridgehead atoms. The maximum absolute atomic E-state index is 13.6. The Kier molecular flexibility index (Phi) is 7.00. The van der Waals surface area contributed by atoms with E-state index >= 15 is 0 Å². The Morgan fingerprint density at radius 2 is 1.75 bits per heavy atom. The van der Waals surface area contributed by atoms with Gasteiger partial charge in [-0.05, 0) is 49.8 Å². The van der Waals surface area contributed by atoms with Gasteiger partial charge in [-0.3, -0.25) is 9.59 Å². The third-order valence-electron chi connectivity index (χ3n) is 4.77. The van der Waals surface area contributed by atoms with E-state index < -0.39 is 24.3 Å². The molecule has 0 fully saturated rings. The van der Waals surface area contributed by atoms with Crippen LogP contribution in [0.25, 0.3) is 11.8 Å². The summed E-state index contributed by atoms with van der Waals surface area (Å²) in [5.74, 6) is -2.05. The van der Waals surface area contributed by atoms with Gasteiger partial charge in [-0.15, -0.1) is 0 Å². The fraction of sp³-hybridized carbons (Fsp3) is 0.160. The number of carbonyl (C=O) groups is 3. The fourth-order valence-corrected chi connectivity index (χ4v) is 3.40. The van der Waals surface area contributed by atoms with Crippen LogP contribution in [0.1, 0.15) is 34.2 Å². The van der Waals surface area contributed by atoms with E-state index in [1.165, 1.54) is 25.1 Å². The van der Waals surface area contributed by atoms with Crippen molar-refractivity contribution in [2.75, 3.05) is 6.61 Å². The second-order valence-electron chi connectivity index (χ2n) is 7.25. The molecule has 0 spiro atoms. The third-order valence-corrected chi connectivity index (χ3v) is 4.77. The lowest BCUT2D eigenvalue weighted by Crippen LogP contribution is -2.27. The van der Waals surface area contributed by atoms with Crippen LogP contribution in [0, 0.1) is 19.7 Å². The van der Waals surface area contributed by atoms with Crippen LogP contribution in [0.4, 0.5) is 4.39 Å². The number of benzene rings is 2. The molecule has 2 aromatic carbocycles. The number of rotatable bonds is 7. The second kappa shape index (κ2) is 9.87. The maximum Gasteiger partial charge on any atom is 0.355 e. The molecule has 0 unspecified atom stereocenters. The number of amides is 1. The summed E-state index contributed by atoms with van der Waals surface area (Å²) in [5, 5.41) is 2.44. The minimum atomic E-state index is -0.823. The van der Waals surface area contributed by atoms with Crippen LogP contribution in [0.2, 0.25) is 0 Å². The van der Waals surface area contributed by atoms with Gasteiger partial charge in [0.15, 0.2) is 6.61 Å². The first kappa shape index (κ1) is 22.7. The minimum absolute atomic E-state index is 0.0678. The number of Topliss-reactive ketones (excluding diaryl/α,β-unsaturated/α-hetero) is 1. The van der Waals surface area contributed by atoms with Crippen LogP contribution in [0.15, 0.2) is 66.4 Å². The van der Waals surface area contributed by atoms with Crippen LogP contribution >= 0.6 is 0 Å². The number of aryl methyl sites for hydroxylation is 1. The number of esters is 1. The molecule has 0 radical (unpaired) electrons. The first-order chi connectivity index (χ1) is 15.3. The molecule has 0 aliphatic rings. The van der Waals surface area contributed by atoms with Crippen molar-refractivity contribution in [3.05, 3.63) is 94.7 Å². The number of ketones is 1. The average molecular weight is 434 g/mol. The monoisotopic (exact) mass is 434 g/mol. The highest BCUT2D eigenvalue weighted by atomic mass is 19.1. The first-order valence-corrected chi connectivity index (χ1v) is 9.96. The van der Waals surface area contributed by atoms with E-state index in [-0.39, 0.29) is 11.5 Å². The fourth-order valence-electron chi connectivity index (χ4n) is 3.40. The molecule has 0 aliphatic heterocycles. The van der Waals surface area contributed by atoms with Crippen molar-refractivity contribution in [1.82, 2.24) is 9.88 Å². The first-order valence-electron chi connectivity index (χ1n) is 9.96. The highest BCUT2D eigenvalue weighted by Crippen LogP contribution is 2.22. The zero-order valence-corrected chi connectivity index (χ0v) is 18.0. The molecule has 32 heavy (non-hydrogen) atoms. The highest BCUT2D eigenvalue weighted by molar-refractivity contribution is 6.02. The number of hydrogen-bond donors (Lipinski definition) is 1. The number of nitrogens with one attached hydrogen (secondary N) is 1. The van der Waals surface area contributed by atoms with Crippen molar-refractivity contribution >= 4 is 23.7 Å². The molecule has 1 amide bonds. The normalized spacial score (nSPS) is 11.2. The lowest BCUT2D eigenvalue weighted by Gasteiger charge is -2.11. The summed E-state index contributed by atoms with van der Waals surface area (Å²) in [7, 11) is 0. The Hall–Kier alpha value is -4.00. The van der Waals surface area contributed by atoms with Gasteiger partial charge in [0.2, 0.25) is 11.7 Å². The lowest BCUT2D eigenvalue weighted by molar-refractivity contribution is -0.139. The predicted molar refractivity (Wildman–Crippen MR) is 119 cm³/mol. The van der Waals surface area contributed by atoms with E-state index in [0.29, 0.717) is 22.5 Å². The molecule has 0 aliphatic carbocycles. The maximum atomic E-state index is 13.6. The number of ether oxygens (including phenoxy) is 1. The lowest BCUT2D eigenvalue weighted by atomic mass is 10.1. The number of carbonyl (C=O) groups excluding carboxylic acids is 3. The van der Waals surface area contributed by atoms with E-state index in [2.05, 4.69) is 5.32 Å². The van der Waals surface area contributed by atoms with E-state index in [4.69, 9.17) is 4.74 Å². The molecular formula is C25H23FN2O4. The Bertz CT molecular complexity index is 1200. The zero-order chi connectivity index (χ0) is 23.3. The van der Waals surface area contributed by atoms with E-state index in [1.54, 1.807) is 60.9 Å². The van der Waals surface area contributed by atoms with Gasteiger partial charge in [0.25, 0.3) is 0 Å². The topological polar surface area (TPSA) is 77.4 Å². The summed E-state index contributed by atoms with van der Waals surface area (Å²) >= 11 is 0. The van der Waals surface area contributed by atoms with Crippen molar-refractivity contribution in [1.29, 1.82) is 0 Å². The largest absolute Gasteiger partial charge is 0.453 e. The predicted octanol–water partition coefficient (Wildman–Crippen LogP) is 4.14. The third kappa shape index (κ3) is 5.37. The molecule has 3 aromatic rings. The van der Waals surface area contributed by atoms with Gasteiger partial charge in [0.1, 0.15) is 11.5 Å². The summed E-state index contributed by atoms with van der Waals surface area (Å²) in [6.07, 6.45) is 1.48.